The van der Waals surface area contributed by atoms with E-state index in [1.54, 1.807) is 7.11 Å². The molecule has 1 heterocycles. The largest absolute Gasteiger partial charge is 0.383 e. The van der Waals surface area contributed by atoms with Gasteiger partial charge in [-0.25, -0.2) is 4.79 Å². The SMILES string of the molecule is COCCNC(=O)NC(Cc1ccccc1)C(=O)N1CCCC1. The topological polar surface area (TPSA) is 70.7 Å². The molecule has 1 fully saturated rings. The predicted octanol–water partition coefficient (Wildman–Crippen LogP) is 1.17. The lowest BCUT2D eigenvalue weighted by Crippen LogP contribution is -2.52. The zero-order valence-electron chi connectivity index (χ0n) is 13.6. The number of urea groups is 1. The van der Waals surface area contributed by atoms with Crippen molar-refractivity contribution in [2.75, 3.05) is 33.4 Å². The fraction of sp³-hybridized carbons (Fsp3) is 0.529. The van der Waals surface area contributed by atoms with Gasteiger partial charge in [0.05, 0.1) is 6.61 Å². The van der Waals surface area contributed by atoms with E-state index in [1.807, 2.05) is 35.2 Å². The van der Waals surface area contributed by atoms with Crippen molar-refractivity contribution >= 4 is 11.9 Å². The Kier molecular flexibility index (Phi) is 6.87. The van der Waals surface area contributed by atoms with Crippen LogP contribution in [0.2, 0.25) is 0 Å². The Morgan fingerprint density at radius 1 is 1.22 bits per heavy atom. The average molecular weight is 319 g/mol. The number of methoxy groups -OCH3 is 1. The molecule has 2 N–H and O–H groups in total. The predicted molar refractivity (Wildman–Crippen MR) is 88.2 cm³/mol. The molecule has 0 radical (unpaired) electrons. The Hall–Kier alpha value is -2.08. The molecule has 23 heavy (non-hydrogen) atoms. The average Bonchev–Trinajstić information content (AvgIpc) is 3.09. The highest BCUT2D eigenvalue weighted by Gasteiger charge is 2.27. The van der Waals surface area contributed by atoms with Crippen molar-refractivity contribution in [2.45, 2.75) is 25.3 Å². The second-order valence-electron chi connectivity index (χ2n) is 5.67. The Labute approximate surface area is 137 Å². The lowest BCUT2D eigenvalue weighted by molar-refractivity contribution is -0.132. The minimum absolute atomic E-state index is 0.00626. The molecule has 1 atom stereocenters. The first-order valence-corrected chi connectivity index (χ1v) is 8.06. The fourth-order valence-electron chi connectivity index (χ4n) is 2.68. The Morgan fingerprint density at radius 2 is 1.91 bits per heavy atom. The van der Waals surface area contributed by atoms with Gasteiger partial charge in [-0.15, -0.1) is 0 Å². The van der Waals surface area contributed by atoms with Gasteiger partial charge in [0.1, 0.15) is 6.04 Å². The summed E-state index contributed by atoms with van der Waals surface area (Å²) in [7, 11) is 1.58. The lowest BCUT2D eigenvalue weighted by atomic mass is 10.0. The number of carbonyl (C=O) groups excluding carboxylic acids is 2. The van der Waals surface area contributed by atoms with Gasteiger partial charge in [-0.05, 0) is 18.4 Å². The number of ether oxygens (including phenoxy) is 1. The molecule has 1 aromatic carbocycles. The molecule has 1 saturated heterocycles. The van der Waals surface area contributed by atoms with Gasteiger partial charge < -0.3 is 20.3 Å². The summed E-state index contributed by atoms with van der Waals surface area (Å²) in [4.78, 5) is 26.5. The second-order valence-corrected chi connectivity index (χ2v) is 5.67. The van der Waals surface area contributed by atoms with Crippen LogP contribution in [0.25, 0.3) is 0 Å². The summed E-state index contributed by atoms with van der Waals surface area (Å²) in [5, 5.41) is 5.50. The normalized spacial score (nSPS) is 15.3. The van der Waals surface area contributed by atoms with Crippen LogP contribution in [-0.2, 0) is 16.0 Å². The maximum absolute atomic E-state index is 12.7. The van der Waals surface area contributed by atoms with E-state index in [1.165, 1.54) is 0 Å². The molecule has 1 aliphatic rings. The van der Waals surface area contributed by atoms with Crippen LogP contribution in [0.4, 0.5) is 4.79 Å². The highest BCUT2D eigenvalue weighted by Crippen LogP contribution is 2.12. The van der Waals surface area contributed by atoms with E-state index in [0.29, 0.717) is 19.6 Å². The number of nitrogens with one attached hydrogen (secondary N) is 2. The molecule has 6 nitrogen and oxygen atoms in total. The third-order valence-electron chi connectivity index (χ3n) is 3.90. The van der Waals surface area contributed by atoms with Crippen LogP contribution in [0.5, 0.6) is 0 Å². The van der Waals surface area contributed by atoms with Gasteiger partial charge in [0.25, 0.3) is 0 Å². The fourth-order valence-corrected chi connectivity index (χ4v) is 2.68. The van der Waals surface area contributed by atoms with Crippen molar-refractivity contribution in [1.29, 1.82) is 0 Å². The Morgan fingerprint density at radius 3 is 2.57 bits per heavy atom. The summed E-state index contributed by atoms with van der Waals surface area (Å²) in [6.45, 7) is 2.41. The number of rotatable bonds is 7. The zero-order chi connectivity index (χ0) is 16.5. The number of nitrogens with zero attached hydrogens (tertiary/aromatic N) is 1. The molecule has 6 heteroatoms. The van der Waals surface area contributed by atoms with Gasteiger partial charge in [0.15, 0.2) is 0 Å². The van der Waals surface area contributed by atoms with Crippen molar-refractivity contribution in [3.05, 3.63) is 35.9 Å². The van der Waals surface area contributed by atoms with Crippen molar-refractivity contribution in [3.8, 4) is 0 Å². The Balaban J connectivity index is 1.98. The molecule has 0 spiro atoms. The maximum atomic E-state index is 12.7. The number of hydrogen-bond acceptors (Lipinski definition) is 3. The van der Waals surface area contributed by atoms with Crippen molar-refractivity contribution in [2.24, 2.45) is 0 Å². The number of hydrogen-bond donors (Lipinski definition) is 2. The molecule has 3 amide bonds. The summed E-state index contributed by atoms with van der Waals surface area (Å²) >= 11 is 0. The summed E-state index contributed by atoms with van der Waals surface area (Å²) in [5.74, 6) is -0.00626. The van der Waals surface area contributed by atoms with E-state index in [-0.39, 0.29) is 11.9 Å². The first-order chi connectivity index (χ1) is 11.2. The van der Waals surface area contributed by atoms with E-state index in [9.17, 15) is 9.59 Å². The third-order valence-corrected chi connectivity index (χ3v) is 3.90. The zero-order valence-corrected chi connectivity index (χ0v) is 13.6. The van der Waals surface area contributed by atoms with Gasteiger partial charge in [-0.3, -0.25) is 4.79 Å². The third kappa shape index (κ3) is 5.56. The number of likely N-dealkylation sites (tertiary alicyclic amines) is 1. The molecule has 126 valence electrons. The molecular weight excluding hydrogens is 294 g/mol. The first-order valence-electron chi connectivity index (χ1n) is 8.06. The van der Waals surface area contributed by atoms with Crippen LogP contribution in [0.1, 0.15) is 18.4 Å². The van der Waals surface area contributed by atoms with Crippen LogP contribution in [0.15, 0.2) is 30.3 Å². The van der Waals surface area contributed by atoms with E-state index in [0.717, 1.165) is 31.5 Å². The van der Waals surface area contributed by atoms with E-state index >= 15 is 0 Å². The van der Waals surface area contributed by atoms with E-state index < -0.39 is 6.04 Å². The van der Waals surface area contributed by atoms with Crippen molar-refractivity contribution in [3.63, 3.8) is 0 Å². The summed E-state index contributed by atoms with van der Waals surface area (Å²) in [6.07, 6.45) is 2.56. The Bertz CT molecular complexity index is 501. The van der Waals surface area contributed by atoms with Gasteiger partial charge in [-0.2, -0.15) is 0 Å². The van der Waals surface area contributed by atoms with Crippen LogP contribution in [0, 0.1) is 0 Å². The van der Waals surface area contributed by atoms with Crippen LogP contribution >= 0.6 is 0 Å². The summed E-state index contributed by atoms with van der Waals surface area (Å²) in [5.41, 5.74) is 1.03. The summed E-state index contributed by atoms with van der Waals surface area (Å²) < 4.78 is 4.90. The molecule has 1 unspecified atom stereocenters. The minimum atomic E-state index is -0.543. The van der Waals surface area contributed by atoms with Gasteiger partial charge in [0, 0.05) is 33.2 Å². The number of amides is 3. The summed E-state index contributed by atoms with van der Waals surface area (Å²) in [6, 6.07) is 8.86. The van der Waals surface area contributed by atoms with Crippen molar-refractivity contribution < 1.29 is 14.3 Å². The lowest BCUT2D eigenvalue weighted by Gasteiger charge is -2.24. The first kappa shape index (κ1) is 17.3. The molecule has 0 aliphatic carbocycles. The van der Waals surface area contributed by atoms with Crippen LogP contribution < -0.4 is 10.6 Å². The number of carbonyl (C=O) groups is 2. The highest BCUT2D eigenvalue weighted by molar-refractivity contribution is 5.87. The van der Waals surface area contributed by atoms with Crippen LogP contribution in [-0.4, -0.2) is 56.2 Å². The van der Waals surface area contributed by atoms with Crippen molar-refractivity contribution in [1.82, 2.24) is 15.5 Å². The molecule has 0 bridgehead atoms. The molecule has 0 aromatic heterocycles. The monoisotopic (exact) mass is 319 g/mol. The second kappa shape index (κ2) is 9.15. The molecule has 1 aliphatic heterocycles. The minimum Gasteiger partial charge on any atom is -0.383 e. The smallest absolute Gasteiger partial charge is 0.315 e. The number of benzene rings is 1. The standard InChI is InChI=1S/C17H25N3O3/c1-23-12-9-18-17(22)19-15(13-14-7-3-2-4-8-14)16(21)20-10-5-6-11-20/h2-4,7-8,15H,5-6,9-13H2,1H3,(H2,18,19,22). The molecule has 0 saturated carbocycles. The molecular formula is C17H25N3O3. The van der Waals surface area contributed by atoms with E-state index in [4.69, 9.17) is 4.74 Å². The molecule has 1 aromatic rings. The van der Waals surface area contributed by atoms with Gasteiger partial charge in [0.2, 0.25) is 5.91 Å². The van der Waals surface area contributed by atoms with Gasteiger partial charge >= 0.3 is 6.03 Å². The van der Waals surface area contributed by atoms with Gasteiger partial charge in [-0.1, -0.05) is 30.3 Å². The quantitative estimate of drug-likeness (QED) is 0.741. The molecule has 2 rings (SSSR count). The van der Waals surface area contributed by atoms with Crippen LogP contribution in [0.3, 0.4) is 0 Å². The maximum Gasteiger partial charge on any atom is 0.315 e. The van der Waals surface area contributed by atoms with E-state index in [2.05, 4.69) is 10.6 Å². The highest BCUT2D eigenvalue weighted by atomic mass is 16.5.